The lowest BCUT2D eigenvalue weighted by Gasteiger charge is -2.30. The van der Waals surface area contributed by atoms with Crippen LogP contribution in [0.3, 0.4) is 0 Å². The summed E-state index contributed by atoms with van der Waals surface area (Å²) in [5, 5.41) is 17.5. The number of aromatic nitrogens is 4. The molecule has 0 atom stereocenters. The summed E-state index contributed by atoms with van der Waals surface area (Å²) in [6, 6.07) is 7.29. The van der Waals surface area contributed by atoms with E-state index in [0.717, 1.165) is 35.5 Å². The van der Waals surface area contributed by atoms with Crippen LogP contribution in [0.4, 0.5) is 21.1 Å². The zero-order valence-electron chi connectivity index (χ0n) is 19.4. The number of carbonyl (C=O) groups excluding carboxylic acids is 1. The van der Waals surface area contributed by atoms with Crippen molar-refractivity contribution in [3.05, 3.63) is 30.5 Å². The molecule has 0 aliphatic carbocycles. The highest BCUT2D eigenvalue weighted by Crippen LogP contribution is 2.32. The number of carbonyl (C=O) groups is 2. The molecule has 1 aromatic carbocycles. The summed E-state index contributed by atoms with van der Waals surface area (Å²) in [7, 11) is 1.31. The molecule has 184 valence electrons. The van der Waals surface area contributed by atoms with Crippen LogP contribution in [0.15, 0.2) is 30.5 Å². The maximum atomic E-state index is 11.5. The van der Waals surface area contributed by atoms with Crippen molar-refractivity contribution in [3.8, 4) is 11.4 Å². The average Bonchev–Trinajstić information content (AvgIpc) is 3.33. The quantitative estimate of drug-likeness (QED) is 0.577. The molecule has 12 heteroatoms. The maximum absolute atomic E-state index is 11.5. The largest absolute Gasteiger partial charge is 0.465 e. The highest BCUT2D eigenvalue weighted by molar-refractivity contribution is 5.89. The van der Waals surface area contributed by atoms with Crippen LogP contribution in [0, 0.1) is 0 Å². The van der Waals surface area contributed by atoms with Crippen molar-refractivity contribution in [3.63, 3.8) is 0 Å². The molecule has 2 amide bonds. The normalized spacial score (nSPS) is 16.9. The molecule has 35 heavy (non-hydrogen) atoms. The second-order valence-electron chi connectivity index (χ2n) is 8.49. The number of anilines is 2. The Morgan fingerprint density at radius 2 is 1.80 bits per heavy atom. The Labute approximate surface area is 201 Å². The number of likely N-dealkylation sites (tertiary alicyclic amines) is 1. The van der Waals surface area contributed by atoms with Gasteiger partial charge in [0.2, 0.25) is 0 Å². The zero-order valence-corrected chi connectivity index (χ0v) is 19.4. The lowest BCUT2D eigenvalue weighted by molar-refractivity contribution is 0.122. The molecule has 3 aromatic rings. The first-order valence-corrected chi connectivity index (χ1v) is 11.5. The van der Waals surface area contributed by atoms with Crippen LogP contribution in [0.1, 0.15) is 18.9 Å². The molecule has 2 saturated heterocycles. The minimum atomic E-state index is -0.891. The Bertz CT molecular complexity index is 1210. The highest BCUT2D eigenvalue weighted by atomic mass is 16.5. The van der Waals surface area contributed by atoms with E-state index in [1.165, 1.54) is 12.0 Å². The summed E-state index contributed by atoms with van der Waals surface area (Å²) < 4.78 is 12.1. The minimum absolute atomic E-state index is 0.0509. The predicted molar refractivity (Wildman–Crippen MR) is 128 cm³/mol. The number of nitrogens with one attached hydrogen (secondary N) is 1. The van der Waals surface area contributed by atoms with Crippen molar-refractivity contribution in [1.29, 1.82) is 0 Å². The number of hydrogen-bond donors (Lipinski definition) is 2. The van der Waals surface area contributed by atoms with E-state index in [1.54, 1.807) is 18.3 Å². The first-order valence-electron chi connectivity index (χ1n) is 11.5. The Kier molecular flexibility index (Phi) is 6.36. The van der Waals surface area contributed by atoms with E-state index >= 15 is 0 Å². The number of rotatable bonds is 4. The van der Waals surface area contributed by atoms with Crippen LogP contribution in [0.2, 0.25) is 0 Å². The number of amides is 2. The molecule has 12 nitrogen and oxygen atoms in total. The average molecular weight is 482 g/mol. The molecule has 5 rings (SSSR count). The van der Waals surface area contributed by atoms with Crippen molar-refractivity contribution in [1.82, 2.24) is 24.6 Å². The van der Waals surface area contributed by atoms with Gasteiger partial charge in [-0.05, 0) is 37.1 Å². The third-order valence-corrected chi connectivity index (χ3v) is 6.40. The molecule has 2 fully saturated rings. The Hall–Kier alpha value is -3.93. The molecule has 0 radical (unpaired) electrons. The van der Waals surface area contributed by atoms with Crippen molar-refractivity contribution in [2.75, 3.05) is 56.7 Å². The van der Waals surface area contributed by atoms with E-state index in [9.17, 15) is 14.7 Å². The SMILES string of the molecule is COC(=O)Nc1ccc(-c2nc(N3CCOCC3)c3cnn(C4CCN(C(=O)O)CC4)c3n2)cc1. The third-order valence-electron chi connectivity index (χ3n) is 6.40. The molecule has 0 unspecified atom stereocenters. The zero-order chi connectivity index (χ0) is 24.4. The van der Waals surface area contributed by atoms with Gasteiger partial charge in [-0.1, -0.05) is 0 Å². The molecular formula is C23H27N7O5. The molecule has 2 aliphatic rings. The van der Waals surface area contributed by atoms with E-state index in [4.69, 9.17) is 14.7 Å². The summed E-state index contributed by atoms with van der Waals surface area (Å²) in [4.78, 5) is 36.2. The van der Waals surface area contributed by atoms with Gasteiger partial charge in [-0.3, -0.25) is 5.32 Å². The lowest BCUT2D eigenvalue weighted by atomic mass is 10.1. The molecule has 0 saturated carbocycles. The second-order valence-corrected chi connectivity index (χ2v) is 8.49. The first kappa shape index (κ1) is 22.8. The van der Waals surface area contributed by atoms with Gasteiger partial charge in [0, 0.05) is 37.4 Å². The highest BCUT2D eigenvalue weighted by Gasteiger charge is 2.27. The monoisotopic (exact) mass is 481 g/mol. The van der Waals surface area contributed by atoms with E-state index in [1.807, 2.05) is 16.8 Å². The predicted octanol–water partition coefficient (Wildman–Crippen LogP) is 2.82. The molecule has 2 aliphatic heterocycles. The summed E-state index contributed by atoms with van der Waals surface area (Å²) in [5.41, 5.74) is 2.12. The third kappa shape index (κ3) is 4.69. The fraction of sp³-hybridized carbons (Fsp3) is 0.435. The van der Waals surface area contributed by atoms with Gasteiger partial charge in [0.1, 0.15) is 5.82 Å². The van der Waals surface area contributed by atoms with E-state index < -0.39 is 12.2 Å². The number of methoxy groups -OCH3 is 1. The molecule has 4 heterocycles. The summed E-state index contributed by atoms with van der Waals surface area (Å²) in [6.07, 6.45) is 1.71. The molecule has 0 bridgehead atoms. The van der Waals surface area contributed by atoms with Gasteiger partial charge in [0.25, 0.3) is 0 Å². The van der Waals surface area contributed by atoms with Gasteiger partial charge >= 0.3 is 12.2 Å². The summed E-state index contributed by atoms with van der Waals surface area (Å²) in [6.45, 7) is 3.60. The number of benzene rings is 1. The molecule has 2 aromatic heterocycles. The standard InChI is InChI=1S/C23H27N7O5/c1-34-22(31)25-16-4-2-15(3-5-16)19-26-20(28-10-12-35-13-11-28)18-14-24-30(21(18)27-19)17-6-8-29(9-7-17)23(32)33/h2-5,14,17H,6-13H2,1H3,(H,25,31)(H,32,33). The lowest BCUT2D eigenvalue weighted by Crippen LogP contribution is -2.38. The first-order chi connectivity index (χ1) is 17.0. The molecule has 2 N–H and O–H groups in total. The van der Waals surface area contributed by atoms with Gasteiger partial charge in [-0.15, -0.1) is 0 Å². The van der Waals surface area contributed by atoms with Crippen LogP contribution < -0.4 is 10.2 Å². The smallest absolute Gasteiger partial charge is 0.411 e. The Morgan fingerprint density at radius 3 is 2.46 bits per heavy atom. The van der Waals surface area contributed by atoms with Gasteiger partial charge in [0.15, 0.2) is 11.5 Å². The van der Waals surface area contributed by atoms with Crippen molar-refractivity contribution >= 4 is 34.7 Å². The topological polar surface area (TPSA) is 135 Å². The Morgan fingerprint density at radius 1 is 1.09 bits per heavy atom. The summed E-state index contributed by atoms with van der Waals surface area (Å²) in [5.74, 6) is 1.35. The number of carboxylic acid groups (broad SMARTS) is 1. The number of fused-ring (bicyclic) bond motifs is 1. The Balaban J connectivity index is 1.52. The van der Waals surface area contributed by atoms with Crippen LogP contribution in [0.25, 0.3) is 22.4 Å². The van der Waals surface area contributed by atoms with E-state index in [-0.39, 0.29) is 6.04 Å². The van der Waals surface area contributed by atoms with Crippen LogP contribution in [0.5, 0.6) is 0 Å². The number of ether oxygens (including phenoxy) is 2. The fourth-order valence-corrected chi connectivity index (χ4v) is 4.50. The van der Waals surface area contributed by atoms with Crippen molar-refractivity contribution in [2.45, 2.75) is 18.9 Å². The van der Waals surface area contributed by atoms with Crippen LogP contribution in [-0.2, 0) is 9.47 Å². The number of hydrogen-bond acceptors (Lipinski definition) is 8. The number of piperidine rings is 1. The van der Waals surface area contributed by atoms with Gasteiger partial charge < -0.3 is 24.4 Å². The second kappa shape index (κ2) is 9.74. The van der Waals surface area contributed by atoms with E-state index in [0.29, 0.717) is 50.7 Å². The molecule has 0 spiro atoms. The number of nitrogens with zero attached hydrogens (tertiary/aromatic N) is 6. The summed E-state index contributed by atoms with van der Waals surface area (Å²) >= 11 is 0. The van der Waals surface area contributed by atoms with Crippen molar-refractivity contribution in [2.24, 2.45) is 0 Å². The van der Waals surface area contributed by atoms with Crippen molar-refractivity contribution < 1.29 is 24.2 Å². The van der Waals surface area contributed by atoms with Crippen LogP contribution >= 0.6 is 0 Å². The van der Waals surface area contributed by atoms with Gasteiger partial charge in [0.05, 0.1) is 37.9 Å². The minimum Gasteiger partial charge on any atom is -0.465 e. The van der Waals surface area contributed by atoms with Gasteiger partial charge in [-0.2, -0.15) is 5.10 Å². The number of morpholine rings is 1. The molecular weight excluding hydrogens is 454 g/mol. The van der Waals surface area contributed by atoms with E-state index in [2.05, 4.69) is 20.1 Å². The maximum Gasteiger partial charge on any atom is 0.411 e. The van der Waals surface area contributed by atoms with Crippen LogP contribution in [-0.4, -0.2) is 88.4 Å². The fourth-order valence-electron chi connectivity index (χ4n) is 4.50. The van der Waals surface area contributed by atoms with Gasteiger partial charge in [-0.25, -0.2) is 24.2 Å².